The Kier molecular flexibility index (Phi) is 5.88. The van der Waals surface area contributed by atoms with E-state index in [2.05, 4.69) is 0 Å². The molecule has 2 amide bonds. The number of carbonyl (C=O) groups is 4. The zero-order valence-electron chi connectivity index (χ0n) is 15.6. The minimum Gasteiger partial charge on any atom is -0.478 e. The number of ether oxygens (including phenoxy) is 1. The molecule has 2 heterocycles. The summed E-state index contributed by atoms with van der Waals surface area (Å²) >= 11 is 0.704. The smallest absolute Gasteiger partial charge is 0.335 e. The Balaban J connectivity index is 1.83. The van der Waals surface area contributed by atoms with Crippen LogP contribution in [0.1, 0.15) is 28.6 Å². The number of hydrogen-bond donors (Lipinski definition) is 1. The molecule has 2 aromatic rings. The van der Waals surface area contributed by atoms with Crippen molar-refractivity contribution in [3.8, 4) is 11.3 Å². The molecule has 1 aromatic carbocycles. The van der Waals surface area contributed by atoms with E-state index in [1.54, 1.807) is 25.1 Å². The second kappa shape index (κ2) is 8.36. The molecular formula is C20H17NO7S. The summed E-state index contributed by atoms with van der Waals surface area (Å²) in [5, 5.41) is 8.60. The first-order chi connectivity index (χ1) is 13.8. The van der Waals surface area contributed by atoms with Crippen LogP contribution in [-0.4, -0.2) is 46.2 Å². The highest BCUT2D eigenvalue weighted by Crippen LogP contribution is 2.34. The normalized spacial score (nSPS) is 15.2. The number of amides is 2. The van der Waals surface area contributed by atoms with E-state index in [1.807, 2.05) is 6.92 Å². The van der Waals surface area contributed by atoms with Gasteiger partial charge in [-0.25, -0.2) is 4.79 Å². The maximum Gasteiger partial charge on any atom is 0.335 e. The van der Waals surface area contributed by atoms with Crippen molar-refractivity contribution in [1.82, 2.24) is 4.90 Å². The van der Waals surface area contributed by atoms with E-state index in [0.717, 1.165) is 10.5 Å². The molecular weight excluding hydrogens is 398 g/mol. The van der Waals surface area contributed by atoms with Gasteiger partial charge >= 0.3 is 11.9 Å². The highest BCUT2D eigenvalue weighted by molar-refractivity contribution is 8.18. The summed E-state index contributed by atoms with van der Waals surface area (Å²) < 4.78 is 10.5. The minimum atomic E-state index is -1.05. The van der Waals surface area contributed by atoms with E-state index in [0.29, 0.717) is 28.8 Å². The van der Waals surface area contributed by atoms with Gasteiger partial charge in [-0.15, -0.1) is 0 Å². The maximum absolute atomic E-state index is 12.4. The zero-order chi connectivity index (χ0) is 21.1. The number of benzene rings is 1. The van der Waals surface area contributed by atoms with Crippen LogP contribution >= 0.6 is 11.8 Å². The van der Waals surface area contributed by atoms with Crippen LogP contribution in [0.4, 0.5) is 4.79 Å². The number of hydrogen-bond acceptors (Lipinski definition) is 7. The predicted octanol–water partition coefficient (Wildman–Crippen LogP) is 3.55. The Morgan fingerprint density at radius 1 is 1.24 bits per heavy atom. The van der Waals surface area contributed by atoms with Gasteiger partial charge in [-0.05, 0) is 55.4 Å². The monoisotopic (exact) mass is 415 g/mol. The molecule has 0 atom stereocenters. The van der Waals surface area contributed by atoms with Crippen molar-refractivity contribution in [2.24, 2.45) is 0 Å². The van der Waals surface area contributed by atoms with Crippen molar-refractivity contribution in [3.05, 3.63) is 52.1 Å². The molecule has 1 saturated heterocycles. The molecule has 0 aliphatic carbocycles. The fraction of sp³-hybridized carbons (Fsp3) is 0.200. The van der Waals surface area contributed by atoms with E-state index < -0.39 is 29.6 Å². The lowest BCUT2D eigenvalue weighted by molar-refractivity contribution is -0.145. The number of imide groups is 1. The molecule has 1 aromatic heterocycles. The third kappa shape index (κ3) is 4.40. The zero-order valence-corrected chi connectivity index (χ0v) is 16.4. The van der Waals surface area contributed by atoms with Gasteiger partial charge in [0.05, 0.1) is 17.1 Å². The lowest BCUT2D eigenvalue weighted by Crippen LogP contribution is -2.34. The van der Waals surface area contributed by atoms with Crippen LogP contribution in [0.2, 0.25) is 0 Å². The largest absolute Gasteiger partial charge is 0.478 e. The van der Waals surface area contributed by atoms with Crippen molar-refractivity contribution in [2.75, 3.05) is 13.2 Å². The number of carboxylic acid groups (broad SMARTS) is 1. The Hall–Kier alpha value is -3.33. The topological polar surface area (TPSA) is 114 Å². The molecule has 150 valence electrons. The summed E-state index contributed by atoms with van der Waals surface area (Å²) in [5.41, 5.74) is 1.56. The summed E-state index contributed by atoms with van der Waals surface area (Å²) in [6.45, 7) is 3.17. The van der Waals surface area contributed by atoms with Gasteiger partial charge in [0.1, 0.15) is 18.1 Å². The second-order valence-electron chi connectivity index (χ2n) is 6.11. The quantitative estimate of drug-likeness (QED) is 0.563. The minimum absolute atomic E-state index is 0.121. The highest BCUT2D eigenvalue weighted by Gasteiger charge is 2.36. The van der Waals surface area contributed by atoms with Crippen LogP contribution in [0.5, 0.6) is 0 Å². The van der Waals surface area contributed by atoms with Crippen LogP contribution in [-0.2, 0) is 14.3 Å². The molecule has 9 heteroatoms. The van der Waals surface area contributed by atoms with Crippen molar-refractivity contribution in [3.63, 3.8) is 0 Å². The van der Waals surface area contributed by atoms with Crippen molar-refractivity contribution >= 4 is 40.9 Å². The average Bonchev–Trinajstić information content (AvgIpc) is 3.22. The Bertz CT molecular complexity index is 1040. The standard InChI is InChI=1S/C20H17NO7S/c1-3-27-17(22)10-21-18(23)16(29-20(21)26)9-13-6-7-15(28-13)14-8-12(19(24)25)5-4-11(14)2/h4-9H,3,10H2,1-2H3,(H,24,25). The predicted molar refractivity (Wildman–Crippen MR) is 105 cm³/mol. The van der Waals surface area contributed by atoms with Crippen LogP contribution in [0.3, 0.4) is 0 Å². The summed E-state index contributed by atoms with van der Waals surface area (Å²) in [6.07, 6.45) is 1.41. The summed E-state index contributed by atoms with van der Waals surface area (Å²) in [4.78, 5) is 48.1. The van der Waals surface area contributed by atoms with E-state index >= 15 is 0 Å². The molecule has 0 saturated carbocycles. The van der Waals surface area contributed by atoms with Gasteiger partial charge in [-0.1, -0.05) is 6.07 Å². The van der Waals surface area contributed by atoms with E-state index in [4.69, 9.17) is 14.3 Å². The summed E-state index contributed by atoms with van der Waals surface area (Å²) in [7, 11) is 0. The third-order valence-corrected chi connectivity index (χ3v) is 5.02. The van der Waals surface area contributed by atoms with Gasteiger partial charge in [-0.3, -0.25) is 19.3 Å². The van der Waals surface area contributed by atoms with Crippen LogP contribution in [0, 0.1) is 6.92 Å². The molecule has 1 N–H and O–H groups in total. The molecule has 1 fully saturated rings. The Morgan fingerprint density at radius 3 is 2.69 bits per heavy atom. The average molecular weight is 415 g/mol. The number of furan rings is 1. The van der Waals surface area contributed by atoms with Gasteiger partial charge in [-0.2, -0.15) is 0 Å². The second-order valence-corrected chi connectivity index (χ2v) is 7.10. The van der Waals surface area contributed by atoms with Gasteiger partial charge in [0.15, 0.2) is 0 Å². The number of aromatic carboxylic acids is 1. The fourth-order valence-electron chi connectivity index (χ4n) is 2.70. The Morgan fingerprint density at radius 2 is 2.00 bits per heavy atom. The number of aryl methyl sites for hydroxylation is 1. The van der Waals surface area contributed by atoms with Crippen molar-refractivity contribution in [1.29, 1.82) is 0 Å². The van der Waals surface area contributed by atoms with Gasteiger partial charge in [0, 0.05) is 11.6 Å². The number of thioether (sulfide) groups is 1. The summed E-state index contributed by atoms with van der Waals surface area (Å²) in [6, 6.07) is 7.96. The van der Waals surface area contributed by atoms with Crippen molar-refractivity contribution < 1.29 is 33.4 Å². The van der Waals surface area contributed by atoms with Gasteiger partial charge in [0.25, 0.3) is 11.1 Å². The molecule has 0 spiro atoms. The molecule has 1 aliphatic heterocycles. The maximum atomic E-state index is 12.4. The number of carboxylic acids is 1. The fourth-order valence-corrected chi connectivity index (χ4v) is 3.52. The summed E-state index contributed by atoms with van der Waals surface area (Å²) in [5.74, 6) is -1.56. The molecule has 1 aliphatic rings. The van der Waals surface area contributed by atoms with E-state index in [1.165, 1.54) is 18.2 Å². The Labute approximate surface area is 170 Å². The van der Waals surface area contributed by atoms with Gasteiger partial charge < -0.3 is 14.3 Å². The number of nitrogens with zero attached hydrogens (tertiary/aromatic N) is 1. The van der Waals surface area contributed by atoms with Crippen molar-refractivity contribution in [2.45, 2.75) is 13.8 Å². The van der Waals surface area contributed by atoms with Crippen LogP contribution in [0.25, 0.3) is 17.4 Å². The first-order valence-corrected chi connectivity index (χ1v) is 9.47. The molecule has 29 heavy (non-hydrogen) atoms. The molecule has 0 unspecified atom stereocenters. The number of rotatable bonds is 6. The third-order valence-electron chi connectivity index (χ3n) is 4.12. The first-order valence-electron chi connectivity index (χ1n) is 8.65. The first kappa shape index (κ1) is 20.4. The lowest BCUT2D eigenvalue weighted by Gasteiger charge is -2.10. The van der Waals surface area contributed by atoms with Gasteiger partial charge in [0.2, 0.25) is 0 Å². The SMILES string of the molecule is CCOC(=O)CN1C(=O)SC(=Cc2ccc(-c3cc(C(=O)O)ccc3C)o2)C1=O. The highest BCUT2D eigenvalue weighted by atomic mass is 32.2. The molecule has 0 radical (unpaired) electrons. The number of carbonyl (C=O) groups excluding carboxylic acids is 3. The van der Waals surface area contributed by atoms with Crippen LogP contribution in [0.15, 0.2) is 39.7 Å². The molecule has 8 nitrogen and oxygen atoms in total. The number of esters is 1. The lowest BCUT2D eigenvalue weighted by atomic mass is 10.0. The van der Waals surface area contributed by atoms with E-state index in [9.17, 15) is 19.2 Å². The van der Waals surface area contributed by atoms with Crippen LogP contribution < -0.4 is 0 Å². The molecule has 3 rings (SSSR count). The van der Waals surface area contributed by atoms with E-state index in [-0.39, 0.29) is 17.1 Å². The molecule has 0 bridgehead atoms.